The van der Waals surface area contributed by atoms with E-state index in [2.05, 4.69) is 4.98 Å². The smallest absolute Gasteiger partial charge is 0.219 e. The van der Waals surface area contributed by atoms with Crippen LogP contribution >= 0.6 is 0 Å². The largest absolute Gasteiger partial charge is 0.490 e. The average molecular weight is 206 g/mol. The molecule has 2 heterocycles. The third-order valence-corrected chi connectivity index (χ3v) is 2.63. The van der Waals surface area contributed by atoms with Crippen molar-refractivity contribution in [3.63, 3.8) is 0 Å². The molecular weight excluding hydrogens is 192 g/mol. The number of carbonyl (C=O) groups is 1. The molecule has 1 atom stereocenters. The van der Waals surface area contributed by atoms with Gasteiger partial charge in [-0.1, -0.05) is 0 Å². The Labute approximate surface area is 88.9 Å². The number of carbonyl (C=O) groups excluding carboxylic acids is 1. The van der Waals surface area contributed by atoms with Gasteiger partial charge >= 0.3 is 0 Å². The molecule has 0 spiro atoms. The number of rotatable bonds is 3. The third kappa shape index (κ3) is 2.26. The van der Waals surface area contributed by atoms with E-state index in [1.54, 1.807) is 19.3 Å². The Morgan fingerprint density at radius 1 is 1.73 bits per heavy atom. The molecule has 0 N–H and O–H groups in total. The number of ether oxygens (including phenoxy) is 1. The number of hydrogen-bond donors (Lipinski definition) is 0. The van der Waals surface area contributed by atoms with Crippen LogP contribution in [-0.4, -0.2) is 35.0 Å². The van der Waals surface area contributed by atoms with Crippen molar-refractivity contribution in [3.05, 3.63) is 24.5 Å². The summed E-state index contributed by atoms with van der Waals surface area (Å²) in [6.45, 7) is 3.01. The van der Waals surface area contributed by atoms with Crippen molar-refractivity contribution in [2.75, 3.05) is 13.2 Å². The van der Waals surface area contributed by atoms with E-state index >= 15 is 0 Å². The van der Waals surface area contributed by atoms with Crippen LogP contribution in [0.15, 0.2) is 24.5 Å². The first-order valence-corrected chi connectivity index (χ1v) is 5.07. The molecule has 4 heteroatoms. The summed E-state index contributed by atoms with van der Waals surface area (Å²) in [5.41, 5.74) is 0. The zero-order chi connectivity index (χ0) is 10.7. The van der Waals surface area contributed by atoms with Gasteiger partial charge in [0.1, 0.15) is 12.4 Å². The second kappa shape index (κ2) is 4.29. The lowest BCUT2D eigenvalue weighted by Crippen LogP contribution is -2.53. The number of pyridine rings is 1. The maximum atomic E-state index is 11.1. The number of hydrogen-bond acceptors (Lipinski definition) is 3. The van der Waals surface area contributed by atoms with Gasteiger partial charge < -0.3 is 9.64 Å². The summed E-state index contributed by atoms with van der Waals surface area (Å²) < 4.78 is 5.53. The van der Waals surface area contributed by atoms with E-state index in [1.807, 2.05) is 17.0 Å². The minimum Gasteiger partial charge on any atom is -0.490 e. The van der Waals surface area contributed by atoms with Crippen LogP contribution in [0.2, 0.25) is 0 Å². The van der Waals surface area contributed by atoms with Crippen LogP contribution in [0, 0.1) is 0 Å². The molecule has 4 nitrogen and oxygen atoms in total. The van der Waals surface area contributed by atoms with E-state index < -0.39 is 0 Å². The number of amides is 1. The first kappa shape index (κ1) is 9.96. The Morgan fingerprint density at radius 2 is 2.60 bits per heavy atom. The quantitative estimate of drug-likeness (QED) is 0.743. The van der Waals surface area contributed by atoms with Crippen LogP contribution in [0.3, 0.4) is 0 Å². The van der Waals surface area contributed by atoms with Gasteiger partial charge in [-0.25, -0.2) is 0 Å². The normalized spacial score (nSPS) is 19.5. The Bertz CT molecular complexity index is 340. The highest BCUT2D eigenvalue weighted by Gasteiger charge is 2.30. The summed E-state index contributed by atoms with van der Waals surface area (Å²) in [5.74, 6) is 0.883. The van der Waals surface area contributed by atoms with Crippen LogP contribution in [0.1, 0.15) is 13.3 Å². The lowest BCUT2D eigenvalue weighted by molar-refractivity contribution is -0.137. The predicted molar refractivity (Wildman–Crippen MR) is 55.5 cm³/mol. The molecule has 0 saturated carbocycles. The van der Waals surface area contributed by atoms with Crippen molar-refractivity contribution in [1.29, 1.82) is 0 Å². The summed E-state index contributed by atoms with van der Waals surface area (Å²) in [5, 5.41) is 0. The molecule has 1 aliphatic heterocycles. The fraction of sp³-hybridized carbons (Fsp3) is 0.455. The maximum absolute atomic E-state index is 11.1. The number of nitrogens with zero attached hydrogens (tertiary/aromatic N) is 2. The van der Waals surface area contributed by atoms with Crippen molar-refractivity contribution in [2.45, 2.75) is 19.4 Å². The second-order valence-corrected chi connectivity index (χ2v) is 3.65. The Balaban J connectivity index is 1.82. The molecule has 0 unspecified atom stereocenters. The molecular formula is C11H14N2O2. The summed E-state index contributed by atoms with van der Waals surface area (Å²) in [7, 11) is 0. The zero-order valence-corrected chi connectivity index (χ0v) is 8.72. The van der Waals surface area contributed by atoms with Crippen LogP contribution < -0.4 is 4.74 Å². The van der Waals surface area contributed by atoms with Gasteiger partial charge in [0.15, 0.2) is 0 Å². The highest BCUT2D eigenvalue weighted by molar-refractivity contribution is 5.74. The first-order chi connectivity index (χ1) is 7.27. The van der Waals surface area contributed by atoms with Crippen molar-refractivity contribution in [3.8, 4) is 5.75 Å². The van der Waals surface area contributed by atoms with Gasteiger partial charge in [-0.2, -0.15) is 0 Å². The molecule has 1 aromatic heterocycles. The second-order valence-electron chi connectivity index (χ2n) is 3.65. The van der Waals surface area contributed by atoms with Gasteiger partial charge in [0.2, 0.25) is 5.91 Å². The molecule has 0 radical (unpaired) electrons. The van der Waals surface area contributed by atoms with Crippen molar-refractivity contribution in [1.82, 2.24) is 9.88 Å². The van der Waals surface area contributed by atoms with E-state index in [0.717, 1.165) is 18.7 Å². The Hall–Kier alpha value is -1.58. The summed E-state index contributed by atoms with van der Waals surface area (Å²) in [4.78, 5) is 16.9. The number of likely N-dealkylation sites (tertiary alicyclic amines) is 1. The van der Waals surface area contributed by atoms with E-state index in [0.29, 0.717) is 6.61 Å². The zero-order valence-electron chi connectivity index (χ0n) is 8.72. The average Bonchev–Trinajstić information content (AvgIpc) is 2.17. The molecule has 1 amide bonds. The fourth-order valence-electron chi connectivity index (χ4n) is 1.65. The maximum Gasteiger partial charge on any atom is 0.219 e. The molecule has 1 fully saturated rings. The number of aromatic nitrogens is 1. The minimum atomic E-state index is 0.126. The molecule has 0 bridgehead atoms. The van der Waals surface area contributed by atoms with Gasteiger partial charge in [0, 0.05) is 19.7 Å². The van der Waals surface area contributed by atoms with Gasteiger partial charge in [-0.3, -0.25) is 9.78 Å². The lowest BCUT2D eigenvalue weighted by Gasteiger charge is -2.39. The monoisotopic (exact) mass is 206 g/mol. The van der Waals surface area contributed by atoms with Crippen molar-refractivity contribution >= 4 is 5.91 Å². The Morgan fingerprint density at radius 3 is 3.13 bits per heavy atom. The predicted octanol–water partition coefficient (Wildman–Crippen LogP) is 1.08. The van der Waals surface area contributed by atoms with Crippen molar-refractivity contribution < 1.29 is 9.53 Å². The summed E-state index contributed by atoms with van der Waals surface area (Å²) in [6.07, 6.45) is 4.41. The van der Waals surface area contributed by atoms with Gasteiger partial charge in [0.05, 0.1) is 12.2 Å². The molecule has 1 saturated heterocycles. The third-order valence-electron chi connectivity index (χ3n) is 2.63. The van der Waals surface area contributed by atoms with E-state index in [4.69, 9.17) is 4.74 Å². The van der Waals surface area contributed by atoms with Crippen LogP contribution in [-0.2, 0) is 4.79 Å². The summed E-state index contributed by atoms with van der Waals surface area (Å²) >= 11 is 0. The SMILES string of the molecule is CC(=O)N1CC[C@H]1COc1cccnc1. The Kier molecular flexibility index (Phi) is 2.85. The topological polar surface area (TPSA) is 42.4 Å². The molecule has 2 rings (SSSR count). The minimum absolute atomic E-state index is 0.126. The van der Waals surface area contributed by atoms with Crippen LogP contribution in [0.5, 0.6) is 5.75 Å². The van der Waals surface area contributed by atoms with Crippen LogP contribution in [0.25, 0.3) is 0 Å². The van der Waals surface area contributed by atoms with Gasteiger partial charge in [0.25, 0.3) is 0 Å². The molecule has 0 aromatic carbocycles. The highest BCUT2D eigenvalue weighted by atomic mass is 16.5. The lowest BCUT2D eigenvalue weighted by atomic mass is 10.0. The van der Waals surface area contributed by atoms with E-state index in [9.17, 15) is 4.79 Å². The molecule has 15 heavy (non-hydrogen) atoms. The molecule has 80 valence electrons. The highest BCUT2D eigenvalue weighted by Crippen LogP contribution is 2.18. The van der Waals surface area contributed by atoms with Crippen molar-refractivity contribution in [2.24, 2.45) is 0 Å². The fourth-order valence-corrected chi connectivity index (χ4v) is 1.65. The van der Waals surface area contributed by atoms with E-state index in [-0.39, 0.29) is 11.9 Å². The summed E-state index contributed by atoms with van der Waals surface area (Å²) in [6, 6.07) is 3.94. The first-order valence-electron chi connectivity index (χ1n) is 5.07. The van der Waals surface area contributed by atoms with Crippen LogP contribution in [0.4, 0.5) is 0 Å². The standard InChI is InChI=1S/C11H14N2O2/c1-9(14)13-6-4-10(13)8-15-11-3-2-5-12-7-11/h2-3,5,7,10H,4,6,8H2,1H3/t10-/m0/s1. The van der Waals surface area contributed by atoms with Gasteiger partial charge in [-0.05, 0) is 18.6 Å². The van der Waals surface area contributed by atoms with Gasteiger partial charge in [-0.15, -0.1) is 0 Å². The van der Waals surface area contributed by atoms with E-state index in [1.165, 1.54) is 0 Å². The molecule has 1 aromatic rings. The molecule has 1 aliphatic rings. The molecule has 0 aliphatic carbocycles.